The highest BCUT2D eigenvalue weighted by atomic mass is 79.9. The molecule has 106 valence electrons. The minimum atomic E-state index is 0.490. The second-order valence-corrected chi connectivity index (χ2v) is 6.83. The van der Waals surface area contributed by atoms with Crippen LogP contribution in [0.1, 0.15) is 51.3 Å². The number of rotatable bonds is 6. The molecular weight excluding hydrogens is 302 g/mol. The molecule has 0 amide bonds. The fourth-order valence-corrected chi connectivity index (χ4v) is 4.62. The van der Waals surface area contributed by atoms with E-state index in [1.165, 1.54) is 29.4 Å². The van der Waals surface area contributed by atoms with Gasteiger partial charge in [0.05, 0.1) is 22.4 Å². The molecule has 2 aliphatic rings. The molecule has 4 heteroatoms. The van der Waals surface area contributed by atoms with Gasteiger partial charge in [-0.15, -0.1) is 0 Å². The Morgan fingerprint density at radius 1 is 1.42 bits per heavy atom. The van der Waals surface area contributed by atoms with Crippen molar-refractivity contribution in [1.82, 2.24) is 15.1 Å². The predicted octanol–water partition coefficient (Wildman–Crippen LogP) is 3.75. The first-order valence-electron chi connectivity index (χ1n) is 7.72. The molecule has 19 heavy (non-hydrogen) atoms. The minimum absolute atomic E-state index is 0.490. The van der Waals surface area contributed by atoms with Crippen molar-refractivity contribution in [2.24, 2.45) is 17.8 Å². The summed E-state index contributed by atoms with van der Waals surface area (Å²) in [7, 11) is 0. The molecule has 0 bridgehead atoms. The Labute approximate surface area is 124 Å². The van der Waals surface area contributed by atoms with Crippen LogP contribution in [0.2, 0.25) is 0 Å². The maximum Gasteiger partial charge on any atom is 0.0698 e. The van der Waals surface area contributed by atoms with Crippen LogP contribution in [-0.2, 0) is 6.54 Å². The van der Waals surface area contributed by atoms with E-state index in [4.69, 9.17) is 0 Å². The van der Waals surface area contributed by atoms with Gasteiger partial charge < -0.3 is 5.32 Å². The highest BCUT2D eigenvalue weighted by Crippen LogP contribution is 2.62. The van der Waals surface area contributed by atoms with Crippen LogP contribution >= 0.6 is 15.9 Å². The normalized spacial score (nSPS) is 30.4. The molecule has 0 spiro atoms. The Hall–Kier alpha value is -0.350. The monoisotopic (exact) mass is 325 g/mol. The zero-order valence-corrected chi connectivity index (χ0v) is 13.5. The maximum atomic E-state index is 4.54. The van der Waals surface area contributed by atoms with Crippen LogP contribution in [0.4, 0.5) is 0 Å². The number of aryl methyl sites for hydroxylation is 1. The summed E-state index contributed by atoms with van der Waals surface area (Å²) in [4.78, 5) is 0. The van der Waals surface area contributed by atoms with Crippen molar-refractivity contribution in [3.8, 4) is 0 Å². The molecule has 1 aromatic heterocycles. The van der Waals surface area contributed by atoms with Crippen LogP contribution in [0, 0.1) is 17.8 Å². The molecule has 1 N–H and O–H groups in total. The number of aromatic nitrogens is 2. The summed E-state index contributed by atoms with van der Waals surface area (Å²) in [6, 6.07) is 0.490. The van der Waals surface area contributed by atoms with Crippen LogP contribution in [0.15, 0.2) is 10.7 Å². The van der Waals surface area contributed by atoms with Crippen molar-refractivity contribution >= 4 is 15.9 Å². The Bertz CT molecular complexity index is 433. The fourth-order valence-electron chi connectivity index (χ4n) is 4.08. The second-order valence-electron chi connectivity index (χ2n) is 5.97. The van der Waals surface area contributed by atoms with Gasteiger partial charge in [0.2, 0.25) is 0 Å². The molecule has 2 aliphatic carbocycles. The lowest BCUT2D eigenvalue weighted by Gasteiger charge is -2.22. The molecular formula is C15H24BrN3. The van der Waals surface area contributed by atoms with Gasteiger partial charge in [-0.3, -0.25) is 4.68 Å². The molecule has 0 radical (unpaired) electrons. The summed E-state index contributed by atoms with van der Waals surface area (Å²) in [5, 5.41) is 8.27. The molecule has 1 heterocycles. The van der Waals surface area contributed by atoms with Gasteiger partial charge in [0.1, 0.15) is 0 Å². The lowest BCUT2D eigenvalue weighted by atomic mass is 10.0. The van der Waals surface area contributed by atoms with Gasteiger partial charge in [0, 0.05) is 6.54 Å². The van der Waals surface area contributed by atoms with Crippen LogP contribution in [0.3, 0.4) is 0 Å². The SMILES string of the molecule is CCCn1ncc(Br)c1C(NCC)C1C2CCCC21. The van der Waals surface area contributed by atoms with E-state index in [1.54, 1.807) is 0 Å². The number of nitrogens with zero attached hydrogens (tertiary/aromatic N) is 2. The van der Waals surface area contributed by atoms with Crippen molar-refractivity contribution in [1.29, 1.82) is 0 Å². The molecule has 3 nitrogen and oxygen atoms in total. The van der Waals surface area contributed by atoms with E-state index in [9.17, 15) is 0 Å². The first-order chi connectivity index (χ1) is 9.27. The van der Waals surface area contributed by atoms with Crippen LogP contribution in [0.5, 0.6) is 0 Å². The molecule has 0 aromatic carbocycles. The smallest absolute Gasteiger partial charge is 0.0698 e. The summed E-state index contributed by atoms with van der Waals surface area (Å²) < 4.78 is 3.38. The molecule has 3 rings (SSSR count). The fraction of sp³-hybridized carbons (Fsp3) is 0.800. The lowest BCUT2D eigenvalue weighted by molar-refractivity contribution is 0.393. The molecule has 2 fully saturated rings. The van der Waals surface area contributed by atoms with Crippen molar-refractivity contribution in [3.05, 3.63) is 16.4 Å². The van der Waals surface area contributed by atoms with Crippen molar-refractivity contribution in [3.63, 3.8) is 0 Å². The molecule has 1 aromatic rings. The Balaban J connectivity index is 1.85. The Morgan fingerprint density at radius 3 is 2.79 bits per heavy atom. The lowest BCUT2D eigenvalue weighted by Crippen LogP contribution is -2.27. The predicted molar refractivity (Wildman–Crippen MR) is 81.0 cm³/mol. The summed E-state index contributed by atoms with van der Waals surface area (Å²) in [5.74, 6) is 2.79. The van der Waals surface area contributed by atoms with Crippen molar-refractivity contribution < 1.29 is 0 Å². The highest BCUT2D eigenvalue weighted by Gasteiger charge is 2.56. The van der Waals surface area contributed by atoms with Crippen molar-refractivity contribution in [2.45, 2.75) is 52.1 Å². The quantitative estimate of drug-likeness (QED) is 0.863. The average Bonchev–Trinajstić information content (AvgIpc) is 2.75. The van der Waals surface area contributed by atoms with Gasteiger partial charge in [-0.2, -0.15) is 5.10 Å². The summed E-state index contributed by atoms with van der Waals surface area (Å²) in [5.41, 5.74) is 1.38. The largest absolute Gasteiger partial charge is 0.309 e. The minimum Gasteiger partial charge on any atom is -0.309 e. The second kappa shape index (κ2) is 5.57. The van der Waals surface area contributed by atoms with Crippen LogP contribution < -0.4 is 5.32 Å². The number of hydrogen-bond donors (Lipinski definition) is 1. The van der Waals surface area contributed by atoms with Gasteiger partial charge in [0.25, 0.3) is 0 Å². The topological polar surface area (TPSA) is 29.9 Å². The van der Waals surface area contributed by atoms with Gasteiger partial charge in [-0.05, 0) is 59.5 Å². The number of fused-ring (bicyclic) bond motifs is 1. The molecule has 3 atom stereocenters. The number of halogens is 1. The Morgan fingerprint density at radius 2 is 2.16 bits per heavy atom. The van der Waals surface area contributed by atoms with E-state index >= 15 is 0 Å². The van der Waals surface area contributed by atoms with Gasteiger partial charge >= 0.3 is 0 Å². The van der Waals surface area contributed by atoms with E-state index in [0.29, 0.717) is 6.04 Å². The first kappa shape index (κ1) is 13.6. The molecule has 3 unspecified atom stereocenters. The Kier molecular flexibility index (Phi) is 3.99. The van der Waals surface area contributed by atoms with E-state index in [0.717, 1.165) is 37.3 Å². The van der Waals surface area contributed by atoms with Gasteiger partial charge in [0.15, 0.2) is 0 Å². The summed E-state index contributed by atoms with van der Waals surface area (Å²) in [6.07, 6.45) is 7.43. The summed E-state index contributed by atoms with van der Waals surface area (Å²) >= 11 is 3.71. The zero-order valence-electron chi connectivity index (χ0n) is 11.9. The number of hydrogen-bond acceptors (Lipinski definition) is 2. The van der Waals surface area contributed by atoms with Crippen LogP contribution in [-0.4, -0.2) is 16.3 Å². The van der Waals surface area contributed by atoms with Crippen molar-refractivity contribution in [2.75, 3.05) is 6.54 Å². The third kappa shape index (κ3) is 2.38. The molecule has 2 saturated carbocycles. The van der Waals surface area contributed by atoms with Crippen LogP contribution in [0.25, 0.3) is 0 Å². The zero-order chi connectivity index (χ0) is 13.4. The highest BCUT2D eigenvalue weighted by molar-refractivity contribution is 9.10. The average molecular weight is 326 g/mol. The van der Waals surface area contributed by atoms with Gasteiger partial charge in [-0.25, -0.2) is 0 Å². The van der Waals surface area contributed by atoms with Gasteiger partial charge in [-0.1, -0.05) is 20.3 Å². The van der Waals surface area contributed by atoms with E-state index < -0.39 is 0 Å². The molecule has 0 saturated heterocycles. The number of nitrogens with one attached hydrogen (secondary N) is 1. The maximum absolute atomic E-state index is 4.54. The van der Waals surface area contributed by atoms with E-state index in [1.807, 2.05) is 6.20 Å². The summed E-state index contributed by atoms with van der Waals surface area (Å²) in [6.45, 7) is 6.47. The van der Waals surface area contributed by atoms with E-state index in [-0.39, 0.29) is 0 Å². The third-order valence-corrected chi connectivity index (χ3v) is 5.46. The van der Waals surface area contributed by atoms with E-state index in [2.05, 4.69) is 44.9 Å². The standard InChI is InChI=1S/C15H24BrN3/c1-3-8-19-15(12(16)9-18-19)14(17-4-2)13-10-6-5-7-11(10)13/h9-11,13-14,17H,3-8H2,1-2H3. The third-order valence-electron chi connectivity index (χ3n) is 4.84. The first-order valence-corrected chi connectivity index (χ1v) is 8.51. The molecule has 0 aliphatic heterocycles.